The number of rotatable bonds is 9. The number of hydrogen-bond donors (Lipinski definition) is 2. The molecule has 0 saturated heterocycles. The molecule has 3 aromatic rings. The third-order valence-corrected chi connectivity index (χ3v) is 5.54. The molecule has 0 unspecified atom stereocenters. The largest absolute Gasteiger partial charge is 0.481 e. The molecule has 3 rings (SSSR count). The van der Waals surface area contributed by atoms with Gasteiger partial charge in [0.05, 0.1) is 32.9 Å². The molecule has 0 radical (unpaired) electrons. The molecule has 13 heteroatoms. The molecule has 2 aromatic carbocycles. The van der Waals surface area contributed by atoms with Gasteiger partial charge in [-0.25, -0.2) is 14.8 Å². The molecule has 1 heterocycles. The number of nitrogens with two attached hydrogens (primary N) is 1. The number of esters is 1. The maximum atomic E-state index is 12.6. The van der Waals surface area contributed by atoms with Gasteiger partial charge in [0, 0.05) is 24.7 Å². The molecule has 4 amide bonds. The zero-order valence-corrected chi connectivity index (χ0v) is 23.6. The van der Waals surface area contributed by atoms with Gasteiger partial charge in [0.2, 0.25) is 18.2 Å². The monoisotopic (exact) mass is 582 g/mol. The van der Waals surface area contributed by atoms with Crippen molar-refractivity contribution in [3.63, 3.8) is 0 Å². The van der Waals surface area contributed by atoms with E-state index in [9.17, 15) is 19.2 Å². The van der Waals surface area contributed by atoms with Gasteiger partial charge in [-0.05, 0) is 35.9 Å². The van der Waals surface area contributed by atoms with Crippen LogP contribution in [0.2, 0.25) is 5.02 Å². The molecular formula is C28H31ClN6O6. The molecule has 216 valence electrons. The fraction of sp³-hybridized carbons (Fsp3) is 0.214. The molecule has 0 aliphatic heterocycles. The van der Waals surface area contributed by atoms with Gasteiger partial charge in [-0.2, -0.15) is 0 Å². The number of amides is 4. The van der Waals surface area contributed by atoms with Crippen LogP contribution in [0.15, 0.2) is 77.8 Å². The zero-order chi connectivity index (χ0) is 30.2. The topological polar surface area (TPSA) is 157 Å². The smallest absolute Gasteiger partial charge is 0.323 e. The highest BCUT2D eigenvalue weighted by Gasteiger charge is 2.18. The van der Waals surface area contributed by atoms with Gasteiger partial charge in [-0.15, -0.1) is 0 Å². The Morgan fingerprint density at radius 1 is 1.02 bits per heavy atom. The number of nitrogens with zero attached hydrogens (tertiary/aromatic N) is 4. The number of para-hydroxylation sites is 1. The first-order chi connectivity index (χ1) is 19.7. The van der Waals surface area contributed by atoms with Gasteiger partial charge < -0.3 is 20.1 Å². The zero-order valence-electron chi connectivity index (χ0n) is 22.8. The predicted molar refractivity (Wildman–Crippen MR) is 154 cm³/mol. The van der Waals surface area contributed by atoms with Crippen molar-refractivity contribution in [2.75, 3.05) is 27.8 Å². The predicted octanol–water partition coefficient (Wildman–Crippen LogP) is 3.38. The average Bonchev–Trinajstić information content (AvgIpc) is 2.99. The van der Waals surface area contributed by atoms with E-state index in [1.54, 1.807) is 60.7 Å². The summed E-state index contributed by atoms with van der Waals surface area (Å²) in [5.74, 6) is -0.531. The Balaban J connectivity index is 0.000000446. The normalized spacial score (nSPS) is 10.4. The van der Waals surface area contributed by atoms with Crippen molar-refractivity contribution in [3.05, 3.63) is 89.1 Å². The summed E-state index contributed by atoms with van der Waals surface area (Å²) in [6, 6.07) is 20.2. The lowest BCUT2D eigenvalue weighted by Gasteiger charge is -2.23. The van der Waals surface area contributed by atoms with Crippen LogP contribution < -0.4 is 15.8 Å². The minimum absolute atomic E-state index is 0.0494. The summed E-state index contributed by atoms with van der Waals surface area (Å²) in [5, 5.41) is 3.22. The van der Waals surface area contributed by atoms with Crippen LogP contribution in [0, 0.1) is 0 Å². The number of nitrogens with one attached hydrogen (secondary N) is 1. The van der Waals surface area contributed by atoms with Crippen molar-refractivity contribution >= 4 is 47.6 Å². The molecule has 0 atom stereocenters. The van der Waals surface area contributed by atoms with Crippen LogP contribution >= 0.6 is 11.6 Å². The number of ether oxygens (including phenoxy) is 2. The Morgan fingerprint density at radius 2 is 1.71 bits per heavy atom. The summed E-state index contributed by atoms with van der Waals surface area (Å²) in [7, 11) is 4.29. The van der Waals surface area contributed by atoms with E-state index < -0.39 is 17.9 Å². The van der Waals surface area contributed by atoms with E-state index in [1.807, 2.05) is 6.07 Å². The lowest BCUT2D eigenvalue weighted by atomic mass is 10.2. The molecule has 0 aliphatic rings. The summed E-state index contributed by atoms with van der Waals surface area (Å²) >= 11 is 5.92. The van der Waals surface area contributed by atoms with Crippen molar-refractivity contribution in [3.8, 4) is 5.88 Å². The number of urea groups is 1. The molecule has 0 aliphatic carbocycles. The van der Waals surface area contributed by atoms with Crippen molar-refractivity contribution in [1.82, 2.24) is 20.1 Å². The van der Waals surface area contributed by atoms with Gasteiger partial charge >= 0.3 is 12.0 Å². The van der Waals surface area contributed by atoms with E-state index >= 15 is 0 Å². The van der Waals surface area contributed by atoms with Crippen molar-refractivity contribution in [2.24, 2.45) is 10.7 Å². The number of aliphatic imine (C=N–C) groups is 1. The number of pyridine rings is 1. The molecule has 0 spiro atoms. The minimum atomic E-state index is -0.552. The van der Waals surface area contributed by atoms with Crippen molar-refractivity contribution < 1.29 is 28.7 Å². The van der Waals surface area contributed by atoms with E-state index in [1.165, 1.54) is 37.1 Å². The Morgan fingerprint density at radius 3 is 2.29 bits per heavy atom. The fourth-order valence-electron chi connectivity index (χ4n) is 3.06. The molecule has 3 N–H and O–H groups in total. The average molecular weight is 583 g/mol. The first kappa shape index (κ1) is 32.2. The summed E-state index contributed by atoms with van der Waals surface area (Å²) in [6.07, 6.45) is 0.638. The van der Waals surface area contributed by atoms with Crippen molar-refractivity contribution in [1.29, 1.82) is 0 Å². The van der Waals surface area contributed by atoms with Gasteiger partial charge in [0.1, 0.15) is 5.69 Å². The first-order valence-electron chi connectivity index (χ1n) is 12.2. The minimum Gasteiger partial charge on any atom is -0.481 e. The van der Waals surface area contributed by atoms with E-state index in [4.69, 9.17) is 22.1 Å². The maximum Gasteiger partial charge on any atom is 0.323 e. The highest BCUT2D eigenvalue weighted by Crippen LogP contribution is 2.14. The Kier molecular flexibility index (Phi) is 13.3. The van der Waals surface area contributed by atoms with Gasteiger partial charge in [0.15, 0.2) is 0 Å². The molecule has 0 fully saturated rings. The lowest BCUT2D eigenvalue weighted by Crippen LogP contribution is -2.48. The quantitative estimate of drug-likeness (QED) is 0.169. The molecular weight excluding hydrogens is 552 g/mol. The third-order valence-electron chi connectivity index (χ3n) is 5.29. The highest BCUT2D eigenvalue weighted by atomic mass is 35.5. The second-order valence-corrected chi connectivity index (χ2v) is 8.67. The Labute approximate surface area is 242 Å². The van der Waals surface area contributed by atoms with E-state index in [0.717, 1.165) is 5.56 Å². The summed E-state index contributed by atoms with van der Waals surface area (Å²) in [5.41, 5.74) is 6.56. The second-order valence-electron chi connectivity index (χ2n) is 8.24. The van der Waals surface area contributed by atoms with Crippen LogP contribution in [0.3, 0.4) is 0 Å². The van der Waals surface area contributed by atoms with Crippen LogP contribution in [0.4, 0.5) is 10.5 Å². The molecule has 0 bridgehead atoms. The molecule has 0 saturated carbocycles. The van der Waals surface area contributed by atoms with Crippen LogP contribution in [0.25, 0.3) is 0 Å². The molecule has 41 heavy (non-hydrogen) atoms. The maximum absolute atomic E-state index is 12.6. The number of primary amides is 1. The number of aromatic nitrogens is 1. The number of carbonyl (C=O) groups excluding carboxylic acids is 4. The highest BCUT2D eigenvalue weighted by molar-refractivity contribution is 6.30. The summed E-state index contributed by atoms with van der Waals surface area (Å²) < 4.78 is 9.37. The summed E-state index contributed by atoms with van der Waals surface area (Å²) in [6.45, 7) is 0.327. The lowest BCUT2D eigenvalue weighted by molar-refractivity contribution is -0.140. The Hall–Kier alpha value is -4.97. The van der Waals surface area contributed by atoms with Crippen LogP contribution in [0.1, 0.15) is 22.5 Å². The van der Waals surface area contributed by atoms with E-state index in [0.29, 0.717) is 23.0 Å². The van der Waals surface area contributed by atoms with Crippen LogP contribution in [-0.2, 0) is 20.9 Å². The van der Waals surface area contributed by atoms with Gasteiger partial charge in [-0.3, -0.25) is 24.6 Å². The molecule has 12 nitrogen and oxygen atoms in total. The Bertz CT molecular complexity index is 1340. The SMILES string of the molecule is COC(=O)CCN(C)C(=O)NC(=Nc1ccccc1)N(C=O)Cc1ccc(Cl)cc1.COc1cccc(C(N)=O)n1. The fourth-order valence-corrected chi connectivity index (χ4v) is 3.18. The number of guanidine groups is 1. The number of halogens is 1. The summed E-state index contributed by atoms with van der Waals surface area (Å²) in [4.78, 5) is 57.1. The number of carbonyl (C=O) groups is 4. The number of hydrogen-bond acceptors (Lipinski definition) is 8. The van der Waals surface area contributed by atoms with Gasteiger partial charge in [0.25, 0.3) is 5.91 Å². The van der Waals surface area contributed by atoms with E-state index in [-0.39, 0.29) is 31.2 Å². The number of methoxy groups -OCH3 is 2. The first-order valence-corrected chi connectivity index (χ1v) is 12.5. The molecule has 1 aromatic heterocycles. The van der Waals surface area contributed by atoms with Crippen LogP contribution in [-0.4, -0.2) is 72.9 Å². The van der Waals surface area contributed by atoms with Crippen molar-refractivity contribution in [2.45, 2.75) is 13.0 Å². The number of benzene rings is 2. The second kappa shape index (κ2) is 16.9. The van der Waals surface area contributed by atoms with Crippen LogP contribution in [0.5, 0.6) is 5.88 Å². The van der Waals surface area contributed by atoms with E-state index in [2.05, 4.69) is 20.0 Å². The van der Waals surface area contributed by atoms with Gasteiger partial charge in [-0.1, -0.05) is 48.0 Å². The third kappa shape index (κ3) is 11.3. The standard InChI is InChI=1S/C21H23ClN4O4.C7H8N2O2/c1-25(13-12-19(28)30-2)21(29)24-20(23-18-6-4-3-5-7-18)26(15-27)14-16-8-10-17(22)11-9-16;1-11-6-4-2-3-5(9-6)7(8)10/h3-11,15H,12-14H2,1-2H3,(H,23,24,29);2-4H,1H3,(H2,8,10).